The molecule has 68 valence electrons. The van der Waals surface area contributed by atoms with Crippen LogP contribution in [-0.2, 0) is 0 Å². The topological polar surface area (TPSA) is 48.6 Å². The lowest BCUT2D eigenvalue weighted by molar-refractivity contribution is 0.766. The molecule has 0 saturated heterocycles. The SMILES string of the molecule is CC(C)c1[nH][nH]c(=O)c1C(C)C. The first-order valence-electron chi connectivity index (χ1n) is 4.34. The zero-order valence-electron chi connectivity index (χ0n) is 8.06. The predicted octanol–water partition coefficient (Wildman–Crippen LogP) is 1.95. The molecule has 0 aromatic carbocycles. The minimum absolute atomic E-state index is 0.0219. The van der Waals surface area contributed by atoms with Crippen molar-refractivity contribution in [3.63, 3.8) is 0 Å². The average Bonchev–Trinajstić information content (AvgIpc) is 2.30. The van der Waals surface area contributed by atoms with Crippen LogP contribution in [0, 0.1) is 0 Å². The van der Waals surface area contributed by atoms with Gasteiger partial charge in [-0.1, -0.05) is 27.7 Å². The Labute approximate surface area is 72.2 Å². The highest BCUT2D eigenvalue weighted by Crippen LogP contribution is 2.19. The Morgan fingerprint density at radius 3 is 1.92 bits per heavy atom. The molecular formula is C9H16N2O. The van der Waals surface area contributed by atoms with Crippen LogP contribution in [0.3, 0.4) is 0 Å². The fourth-order valence-corrected chi connectivity index (χ4v) is 1.41. The second kappa shape index (κ2) is 3.17. The number of hydrogen-bond acceptors (Lipinski definition) is 1. The van der Waals surface area contributed by atoms with Gasteiger partial charge < -0.3 is 5.10 Å². The Kier molecular flexibility index (Phi) is 2.40. The molecule has 3 nitrogen and oxygen atoms in total. The number of hydrogen-bond donors (Lipinski definition) is 2. The zero-order valence-corrected chi connectivity index (χ0v) is 8.06. The fraction of sp³-hybridized carbons (Fsp3) is 0.667. The smallest absolute Gasteiger partial charge is 0.267 e. The zero-order chi connectivity index (χ0) is 9.30. The second-order valence-electron chi connectivity index (χ2n) is 3.72. The van der Waals surface area contributed by atoms with E-state index in [1.807, 2.05) is 13.8 Å². The molecule has 0 aliphatic heterocycles. The average molecular weight is 168 g/mol. The van der Waals surface area contributed by atoms with Crippen LogP contribution in [0.15, 0.2) is 4.79 Å². The first-order chi connectivity index (χ1) is 5.54. The summed E-state index contributed by atoms with van der Waals surface area (Å²) in [7, 11) is 0. The van der Waals surface area contributed by atoms with Crippen LogP contribution >= 0.6 is 0 Å². The summed E-state index contributed by atoms with van der Waals surface area (Å²) in [5, 5.41) is 5.54. The van der Waals surface area contributed by atoms with Gasteiger partial charge in [-0.25, -0.2) is 0 Å². The van der Waals surface area contributed by atoms with E-state index in [0.29, 0.717) is 5.92 Å². The molecule has 2 N–H and O–H groups in total. The summed E-state index contributed by atoms with van der Waals surface area (Å²) in [4.78, 5) is 11.3. The molecule has 1 heterocycles. The Balaban J connectivity index is 3.22. The molecule has 12 heavy (non-hydrogen) atoms. The summed E-state index contributed by atoms with van der Waals surface area (Å²) in [5.41, 5.74) is 1.95. The molecule has 0 atom stereocenters. The number of nitrogens with one attached hydrogen (secondary N) is 2. The minimum Gasteiger partial charge on any atom is -0.302 e. The van der Waals surface area contributed by atoms with E-state index in [0.717, 1.165) is 11.3 Å². The molecule has 0 amide bonds. The molecule has 3 heteroatoms. The molecular weight excluding hydrogens is 152 g/mol. The van der Waals surface area contributed by atoms with Crippen molar-refractivity contribution in [2.45, 2.75) is 39.5 Å². The summed E-state index contributed by atoms with van der Waals surface area (Å²) in [5.74, 6) is 0.666. The third-order valence-corrected chi connectivity index (χ3v) is 2.00. The van der Waals surface area contributed by atoms with Crippen LogP contribution in [-0.4, -0.2) is 10.2 Å². The molecule has 0 saturated carbocycles. The lowest BCUT2D eigenvalue weighted by Crippen LogP contribution is -2.08. The Morgan fingerprint density at radius 2 is 1.58 bits per heavy atom. The van der Waals surface area contributed by atoms with E-state index in [1.54, 1.807) is 0 Å². The Bertz CT molecular complexity index is 307. The molecule has 1 rings (SSSR count). The normalized spacial score (nSPS) is 11.5. The van der Waals surface area contributed by atoms with E-state index in [1.165, 1.54) is 0 Å². The number of aromatic nitrogens is 2. The highest BCUT2D eigenvalue weighted by atomic mass is 16.1. The standard InChI is InChI=1S/C9H16N2O/c1-5(2)7-8(6(3)4)10-11-9(7)12/h5-6H,1-4H3,(H2,10,11,12). The van der Waals surface area contributed by atoms with Gasteiger partial charge in [0, 0.05) is 11.3 Å². The number of rotatable bonds is 2. The van der Waals surface area contributed by atoms with E-state index in [2.05, 4.69) is 24.0 Å². The highest BCUT2D eigenvalue weighted by Gasteiger charge is 2.15. The van der Waals surface area contributed by atoms with Crippen LogP contribution in [0.4, 0.5) is 0 Å². The van der Waals surface area contributed by atoms with Crippen LogP contribution in [0.1, 0.15) is 50.8 Å². The van der Waals surface area contributed by atoms with Crippen molar-refractivity contribution >= 4 is 0 Å². The van der Waals surface area contributed by atoms with Crippen molar-refractivity contribution in [1.82, 2.24) is 10.2 Å². The maximum absolute atomic E-state index is 11.3. The first-order valence-corrected chi connectivity index (χ1v) is 4.34. The van der Waals surface area contributed by atoms with E-state index in [4.69, 9.17) is 0 Å². The van der Waals surface area contributed by atoms with E-state index < -0.39 is 0 Å². The second-order valence-corrected chi connectivity index (χ2v) is 3.72. The van der Waals surface area contributed by atoms with E-state index in [9.17, 15) is 4.79 Å². The summed E-state index contributed by atoms with van der Waals surface area (Å²) in [6.07, 6.45) is 0. The lowest BCUT2D eigenvalue weighted by Gasteiger charge is -2.07. The summed E-state index contributed by atoms with van der Waals surface area (Å²) >= 11 is 0. The molecule has 1 aromatic rings. The van der Waals surface area contributed by atoms with E-state index >= 15 is 0 Å². The van der Waals surface area contributed by atoms with Gasteiger partial charge in [0.05, 0.1) is 0 Å². The molecule has 0 aliphatic carbocycles. The van der Waals surface area contributed by atoms with Gasteiger partial charge in [-0.2, -0.15) is 0 Å². The maximum Gasteiger partial charge on any atom is 0.267 e. The molecule has 1 aromatic heterocycles. The highest BCUT2D eigenvalue weighted by molar-refractivity contribution is 5.22. The van der Waals surface area contributed by atoms with Gasteiger partial charge in [0.2, 0.25) is 0 Å². The minimum atomic E-state index is 0.0219. The predicted molar refractivity (Wildman–Crippen MR) is 49.6 cm³/mol. The largest absolute Gasteiger partial charge is 0.302 e. The molecule has 0 spiro atoms. The number of H-pyrrole nitrogens is 2. The lowest BCUT2D eigenvalue weighted by atomic mass is 9.98. The van der Waals surface area contributed by atoms with Gasteiger partial charge in [-0.15, -0.1) is 0 Å². The third-order valence-electron chi connectivity index (χ3n) is 2.00. The maximum atomic E-state index is 11.3. The summed E-state index contributed by atoms with van der Waals surface area (Å²) in [6, 6.07) is 0. The van der Waals surface area contributed by atoms with Gasteiger partial charge in [-0.05, 0) is 11.8 Å². The van der Waals surface area contributed by atoms with Crippen molar-refractivity contribution in [3.8, 4) is 0 Å². The Morgan fingerprint density at radius 1 is 1.00 bits per heavy atom. The molecule has 0 unspecified atom stereocenters. The molecule has 0 bridgehead atoms. The van der Waals surface area contributed by atoms with Gasteiger partial charge in [0.15, 0.2) is 0 Å². The number of aromatic amines is 2. The van der Waals surface area contributed by atoms with Crippen LogP contribution in [0.2, 0.25) is 0 Å². The van der Waals surface area contributed by atoms with E-state index in [-0.39, 0.29) is 11.5 Å². The molecule has 0 fully saturated rings. The third kappa shape index (κ3) is 1.44. The fourth-order valence-electron chi connectivity index (χ4n) is 1.41. The molecule has 0 aliphatic rings. The van der Waals surface area contributed by atoms with Crippen molar-refractivity contribution in [2.24, 2.45) is 0 Å². The van der Waals surface area contributed by atoms with Crippen LogP contribution in [0.5, 0.6) is 0 Å². The van der Waals surface area contributed by atoms with Crippen molar-refractivity contribution < 1.29 is 0 Å². The van der Waals surface area contributed by atoms with Gasteiger partial charge >= 0.3 is 0 Å². The van der Waals surface area contributed by atoms with Crippen molar-refractivity contribution in [3.05, 3.63) is 21.6 Å². The van der Waals surface area contributed by atoms with Crippen molar-refractivity contribution in [1.29, 1.82) is 0 Å². The first kappa shape index (κ1) is 9.10. The quantitative estimate of drug-likeness (QED) is 0.696. The van der Waals surface area contributed by atoms with Gasteiger partial charge in [0.1, 0.15) is 0 Å². The van der Waals surface area contributed by atoms with Gasteiger partial charge in [0.25, 0.3) is 5.56 Å². The summed E-state index contributed by atoms with van der Waals surface area (Å²) < 4.78 is 0. The monoisotopic (exact) mass is 168 g/mol. The van der Waals surface area contributed by atoms with Crippen LogP contribution < -0.4 is 5.56 Å². The van der Waals surface area contributed by atoms with Crippen LogP contribution in [0.25, 0.3) is 0 Å². The van der Waals surface area contributed by atoms with Crippen molar-refractivity contribution in [2.75, 3.05) is 0 Å². The van der Waals surface area contributed by atoms with Gasteiger partial charge in [-0.3, -0.25) is 9.89 Å². The summed E-state index contributed by atoms with van der Waals surface area (Å²) in [6.45, 7) is 8.21. The Hall–Kier alpha value is -0.990. The molecule has 0 radical (unpaired) electrons.